The number of rotatable bonds is 3. The molecule has 0 aliphatic carbocycles. The molecular formula is C14H18ClN3O2S. The Morgan fingerprint density at radius 2 is 2.19 bits per heavy atom. The molecule has 1 amide bonds. The summed E-state index contributed by atoms with van der Waals surface area (Å²) in [7, 11) is 0. The second-order valence-electron chi connectivity index (χ2n) is 5.09. The third kappa shape index (κ3) is 3.18. The largest absolute Gasteiger partial charge is 0.381 e. The highest BCUT2D eigenvalue weighted by Gasteiger charge is 2.38. The van der Waals surface area contributed by atoms with Crippen molar-refractivity contribution in [3.05, 3.63) is 23.7 Å². The molecule has 0 spiro atoms. The molecule has 7 heteroatoms. The van der Waals surface area contributed by atoms with Gasteiger partial charge in [-0.25, -0.2) is 4.98 Å². The van der Waals surface area contributed by atoms with E-state index in [-0.39, 0.29) is 18.3 Å². The summed E-state index contributed by atoms with van der Waals surface area (Å²) >= 11 is 1.56. The summed E-state index contributed by atoms with van der Waals surface area (Å²) in [6.45, 7) is 1.54. The minimum absolute atomic E-state index is 0. The molecule has 0 atom stereocenters. The molecule has 2 heterocycles. The normalized spacial score (nSPS) is 17.2. The predicted molar refractivity (Wildman–Crippen MR) is 87.0 cm³/mol. The number of ether oxygens (including phenoxy) is 1. The van der Waals surface area contributed by atoms with Crippen LogP contribution in [0.5, 0.6) is 0 Å². The van der Waals surface area contributed by atoms with Crippen molar-refractivity contribution in [2.24, 2.45) is 11.1 Å². The molecule has 1 aromatic carbocycles. The van der Waals surface area contributed by atoms with E-state index < -0.39 is 5.41 Å². The van der Waals surface area contributed by atoms with E-state index in [1.807, 2.05) is 18.2 Å². The Labute approximate surface area is 133 Å². The highest BCUT2D eigenvalue weighted by Crippen LogP contribution is 2.31. The summed E-state index contributed by atoms with van der Waals surface area (Å²) in [6.07, 6.45) is 1.36. The third-order valence-electron chi connectivity index (χ3n) is 3.91. The van der Waals surface area contributed by atoms with Gasteiger partial charge in [-0.3, -0.25) is 4.79 Å². The zero-order valence-electron chi connectivity index (χ0n) is 11.5. The van der Waals surface area contributed by atoms with Gasteiger partial charge in [0.15, 0.2) is 0 Å². The number of fused-ring (bicyclic) bond motifs is 1. The van der Waals surface area contributed by atoms with E-state index in [1.54, 1.807) is 16.8 Å². The van der Waals surface area contributed by atoms with E-state index in [2.05, 4.69) is 10.3 Å². The van der Waals surface area contributed by atoms with Crippen LogP contribution in [0.3, 0.4) is 0 Å². The summed E-state index contributed by atoms with van der Waals surface area (Å²) in [5.41, 5.74) is 8.89. The summed E-state index contributed by atoms with van der Waals surface area (Å²) in [5.74, 6) is -0.00725. The van der Waals surface area contributed by atoms with Gasteiger partial charge in [-0.05, 0) is 31.0 Å². The fraction of sp³-hybridized carbons (Fsp3) is 0.429. The van der Waals surface area contributed by atoms with Crippen molar-refractivity contribution in [1.29, 1.82) is 0 Å². The van der Waals surface area contributed by atoms with E-state index in [0.717, 1.165) is 15.9 Å². The minimum atomic E-state index is -0.499. The van der Waals surface area contributed by atoms with Crippen LogP contribution in [-0.4, -0.2) is 30.6 Å². The molecule has 1 aliphatic rings. The Balaban J connectivity index is 0.00000161. The van der Waals surface area contributed by atoms with Crippen LogP contribution in [0.2, 0.25) is 0 Å². The SMILES string of the molecule is Cl.NCC1(C(=O)Nc2ccc3ncsc3c2)CCOCC1. The van der Waals surface area contributed by atoms with E-state index in [9.17, 15) is 4.79 Å². The first-order valence-electron chi connectivity index (χ1n) is 6.66. The number of benzene rings is 1. The van der Waals surface area contributed by atoms with Gasteiger partial charge in [-0.15, -0.1) is 23.7 Å². The zero-order chi connectivity index (χ0) is 14.0. The van der Waals surface area contributed by atoms with Gasteiger partial charge < -0.3 is 15.8 Å². The molecule has 1 aromatic heterocycles. The molecule has 1 fully saturated rings. The van der Waals surface area contributed by atoms with Gasteiger partial charge in [0, 0.05) is 25.4 Å². The molecule has 114 valence electrons. The van der Waals surface area contributed by atoms with Crippen LogP contribution in [0, 0.1) is 5.41 Å². The van der Waals surface area contributed by atoms with Crippen LogP contribution < -0.4 is 11.1 Å². The molecule has 21 heavy (non-hydrogen) atoms. The van der Waals surface area contributed by atoms with Crippen molar-refractivity contribution in [1.82, 2.24) is 4.98 Å². The van der Waals surface area contributed by atoms with Crippen molar-refractivity contribution >= 4 is 45.6 Å². The zero-order valence-corrected chi connectivity index (χ0v) is 13.1. The van der Waals surface area contributed by atoms with Gasteiger partial charge in [-0.2, -0.15) is 0 Å². The summed E-state index contributed by atoms with van der Waals surface area (Å²) in [5, 5.41) is 2.99. The lowest BCUT2D eigenvalue weighted by Gasteiger charge is -2.34. The fourth-order valence-corrected chi connectivity index (χ4v) is 3.20. The lowest BCUT2D eigenvalue weighted by atomic mass is 9.79. The van der Waals surface area contributed by atoms with Crippen molar-refractivity contribution in [3.8, 4) is 0 Å². The number of hydrogen-bond acceptors (Lipinski definition) is 5. The number of halogens is 1. The number of amides is 1. The minimum Gasteiger partial charge on any atom is -0.381 e. The van der Waals surface area contributed by atoms with E-state index in [4.69, 9.17) is 10.5 Å². The fourth-order valence-electron chi connectivity index (χ4n) is 2.48. The molecule has 1 saturated heterocycles. The summed E-state index contributed by atoms with van der Waals surface area (Å²) in [6, 6.07) is 5.75. The van der Waals surface area contributed by atoms with Gasteiger partial charge in [0.05, 0.1) is 21.1 Å². The number of nitrogens with zero attached hydrogens (tertiary/aromatic N) is 1. The molecule has 0 radical (unpaired) electrons. The van der Waals surface area contributed by atoms with Crippen LogP contribution in [0.15, 0.2) is 23.7 Å². The summed E-state index contributed by atoms with van der Waals surface area (Å²) in [4.78, 5) is 16.8. The Morgan fingerprint density at radius 3 is 2.90 bits per heavy atom. The lowest BCUT2D eigenvalue weighted by molar-refractivity contribution is -0.130. The standard InChI is InChI=1S/C14H17N3O2S.ClH/c15-8-14(3-5-19-6-4-14)13(18)17-10-1-2-11-12(7-10)20-9-16-11;/h1-2,7,9H,3-6,8,15H2,(H,17,18);1H. The quantitative estimate of drug-likeness (QED) is 0.907. The second kappa shape index (κ2) is 6.70. The highest BCUT2D eigenvalue weighted by atomic mass is 35.5. The number of aromatic nitrogens is 1. The number of hydrogen-bond donors (Lipinski definition) is 2. The van der Waals surface area contributed by atoms with Crippen molar-refractivity contribution in [3.63, 3.8) is 0 Å². The number of thiazole rings is 1. The Hall–Kier alpha value is -1.21. The van der Waals surface area contributed by atoms with E-state index >= 15 is 0 Å². The van der Waals surface area contributed by atoms with Crippen LogP contribution >= 0.6 is 23.7 Å². The number of nitrogens with two attached hydrogens (primary N) is 1. The van der Waals surface area contributed by atoms with Crippen molar-refractivity contribution in [2.75, 3.05) is 25.1 Å². The highest BCUT2D eigenvalue weighted by molar-refractivity contribution is 7.16. The van der Waals surface area contributed by atoms with Gasteiger partial charge in [-0.1, -0.05) is 0 Å². The van der Waals surface area contributed by atoms with Crippen LogP contribution in [0.25, 0.3) is 10.2 Å². The first kappa shape index (κ1) is 16.2. The number of nitrogens with one attached hydrogen (secondary N) is 1. The first-order valence-corrected chi connectivity index (χ1v) is 7.54. The topological polar surface area (TPSA) is 77.2 Å². The van der Waals surface area contributed by atoms with Crippen LogP contribution in [0.1, 0.15) is 12.8 Å². The maximum Gasteiger partial charge on any atom is 0.232 e. The van der Waals surface area contributed by atoms with E-state index in [1.165, 1.54) is 0 Å². The maximum atomic E-state index is 12.5. The molecule has 2 aromatic rings. The number of anilines is 1. The molecule has 0 bridgehead atoms. The first-order chi connectivity index (χ1) is 9.73. The van der Waals surface area contributed by atoms with Crippen LogP contribution in [-0.2, 0) is 9.53 Å². The van der Waals surface area contributed by atoms with Crippen molar-refractivity contribution in [2.45, 2.75) is 12.8 Å². The Kier molecular flexibility index (Phi) is 5.16. The second-order valence-corrected chi connectivity index (χ2v) is 5.97. The average Bonchev–Trinajstić information content (AvgIpc) is 2.95. The molecule has 0 unspecified atom stereocenters. The monoisotopic (exact) mass is 327 g/mol. The number of carbonyl (C=O) groups is 1. The number of carbonyl (C=O) groups excluding carboxylic acids is 1. The smallest absolute Gasteiger partial charge is 0.232 e. The average molecular weight is 328 g/mol. The van der Waals surface area contributed by atoms with E-state index in [0.29, 0.717) is 32.6 Å². The van der Waals surface area contributed by atoms with Crippen LogP contribution in [0.4, 0.5) is 5.69 Å². The van der Waals surface area contributed by atoms with Gasteiger partial charge >= 0.3 is 0 Å². The Bertz CT molecular complexity index is 625. The molecule has 3 rings (SSSR count). The molecule has 0 saturated carbocycles. The van der Waals surface area contributed by atoms with Crippen molar-refractivity contribution < 1.29 is 9.53 Å². The predicted octanol–water partition coefficient (Wildman–Crippen LogP) is 2.41. The maximum absolute atomic E-state index is 12.5. The van der Waals surface area contributed by atoms with Gasteiger partial charge in [0.1, 0.15) is 0 Å². The van der Waals surface area contributed by atoms with Gasteiger partial charge in [0.25, 0.3) is 0 Å². The molecule has 5 nitrogen and oxygen atoms in total. The van der Waals surface area contributed by atoms with Gasteiger partial charge in [0.2, 0.25) is 5.91 Å². The molecular weight excluding hydrogens is 310 g/mol. The lowest BCUT2D eigenvalue weighted by Crippen LogP contribution is -2.46. The third-order valence-corrected chi connectivity index (χ3v) is 4.70. The summed E-state index contributed by atoms with van der Waals surface area (Å²) < 4.78 is 6.40. The molecule has 1 aliphatic heterocycles. The Morgan fingerprint density at radius 1 is 1.43 bits per heavy atom. The molecule has 3 N–H and O–H groups in total.